The van der Waals surface area contributed by atoms with Crippen LogP contribution in [0.2, 0.25) is 0 Å². The Balaban J connectivity index is 0.000000845. The Morgan fingerprint density at radius 2 is 1.40 bits per heavy atom. The van der Waals surface area contributed by atoms with Gasteiger partial charge in [-0.3, -0.25) is 19.2 Å². The van der Waals surface area contributed by atoms with Crippen LogP contribution >= 0.6 is 0 Å². The summed E-state index contributed by atoms with van der Waals surface area (Å²) < 4.78 is 62.4. The van der Waals surface area contributed by atoms with Crippen molar-refractivity contribution in [1.29, 1.82) is 0 Å². The van der Waals surface area contributed by atoms with E-state index >= 15 is 0 Å². The maximum atomic E-state index is 13.1. The molecule has 0 aromatic heterocycles. The van der Waals surface area contributed by atoms with E-state index in [1.165, 1.54) is 44.6 Å². The molecule has 298 valence electrons. The van der Waals surface area contributed by atoms with Crippen molar-refractivity contribution < 1.29 is 75.4 Å². The minimum absolute atomic E-state index is 0.0573. The zero-order valence-electron chi connectivity index (χ0n) is 30.4. The Morgan fingerprint density at radius 3 is 1.89 bits per heavy atom. The summed E-state index contributed by atoms with van der Waals surface area (Å²) in [6.07, 6.45) is 0.989. The normalized spacial score (nSPS) is 16.1. The van der Waals surface area contributed by atoms with Crippen molar-refractivity contribution in [2.24, 2.45) is 5.92 Å². The molecule has 0 saturated heterocycles. The van der Waals surface area contributed by atoms with Crippen LogP contribution in [0.3, 0.4) is 0 Å². The standard InChI is InChI=1S/C25H35N3O10S.C8H14O6/c1-6-17-15-25(17,27-23(32)38-24(2,3)4)22(31)28-39(33,34)19-10-8-7-9-18(19)26-20(29)16-37-14-13-36-12-11-21(30)35-5;1-12-8(11)2-3-13-4-5-14-6-7(9)10/h6-10,17H,1,11-16H2,2-5H3,(H,26,29)(H,27,32)(H,28,31);2-6H2,1H3,(H,9,10)/t17-,25-;/m1./s1. The van der Waals surface area contributed by atoms with Gasteiger partial charge in [-0.05, 0) is 39.3 Å². The van der Waals surface area contributed by atoms with Crippen LogP contribution in [-0.4, -0.2) is 128 Å². The van der Waals surface area contributed by atoms with Crippen molar-refractivity contribution in [3.8, 4) is 0 Å². The van der Waals surface area contributed by atoms with Gasteiger partial charge in [0.15, 0.2) is 0 Å². The first-order valence-corrected chi connectivity index (χ1v) is 17.6. The second-order valence-electron chi connectivity index (χ2n) is 12.0. The molecule has 1 aromatic rings. The molecular weight excluding hydrogens is 726 g/mol. The Kier molecular flexibility index (Phi) is 20.2. The topological polar surface area (TPSA) is 257 Å². The number of esters is 2. The molecule has 0 heterocycles. The number of rotatable bonds is 22. The number of carboxylic acids is 1. The fourth-order valence-corrected chi connectivity index (χ4v) is 5.26. The third-order valence-corrected chi connectivity index (χ3v) is 8.05. The minimum Gasteiger partial charge on any atom is -0.480 e. The van der Waals surface area contributed by atoms with Crippen LogP contribution in [0.15, 0.2) is 41.8 Å². The summed E-state index contributed by atoms with van der Waals surface area (Å²) in [7, 11) is -1.89. The number of hydrogen-bond acceptors (Lipinski definition) is 15. The molecule has 1 fully saturated rings. The van der Waals surface area contributed by atoms with Crippen LogP contribution < -0.4 is 15.4 Å². The fraction of sp³-hybridized carbons (Fsp3) is 0.576. The first kappa shape index (κ1) is 46.4. The van der Waals surface area contributed by atoms with E-state index in [9.17, 15) is 37.2 Å². The number of sulfonamides is 1. The first-order chi connectivity index (χ1) is 24.9. The summed E-state index contributed by atoms with van der Waals surface area (Å²) >= 11 is 0. The molecule has 1 aliphatic rings. The lowest BCUT2D eigenvalue weighted by molar-refractivity contribution is -0.143. The van der Waals surface area contributed by atoms with Crippen LogP contribution in [0.25, 0.3) is 0 Å². The van der Waals surface area contributed by atoms with E-state index in [1.807, 2.05) is 4.72 Å². The smallest absolute Gasteiger partial charge is 0.408 e. The van der Waals surface area contributed by atoms with Crippen molar-refractivity contribution in [3.05, 3.63) is 36.9 Å². The number of carbonyl (C=O) groups excluding carboxylic acids is 5. The molecule has 2 atom stereocenters. The number of anilines is 1. The average Bonchev–Trinajstić information content (AvgIpc) is 3.80. The van der Waals surface area contributed by atoms with Gasteiger partial charge in [0.25, 0.3) is 15.9 Å². The van der Waals surface area contributed by atoms with Gasteiger partial charge >= 0.3 is 24.0 Å². The number of ether oxygens (including phenoxy) is 7. The van der Waals surface area contributed by atoms with Gasteiger partial charge in [-0.1, -0.05) is 18.2 Å². The highest BCUT2D eigenvalue weighted by Gasteiger charge is 2.61. The Labute approximate surface area is 308 Å². The van der Waals surface area contributed by atoms with Crippen LogP contribution in [0.1, 0.15) is 40.0 Å². The fourth-order valence-electron chi connectivity index (χ4n) is 4.06. The Morgan fingerprint density at radius 1 is 0.868 bits per heavy atom. The lowest BCUT2D eigenvalue weighted by Gasteiger charge is -2.23. The molecule has 1 aromatic carbocycles. The number of methoxy groups -OCH3 is 2. The molecule has 4 N–H and O–H groups in total. The Hall–Kier alpha value is -4.63. The number of para-hydroxylation sites is 1. The molecule has 0 aliphatic heterocycles. The maximum absolute atomic E-state index is 13.1. The van der Waals surface area contributed by atoms with Gasteiger partial charge in [0.05, 0.1) is 72.4 Å². The zero-order chi connectivity index (χ0) is 40.1. The van der Waals surface area contributed by atoms with Gasteiger partial charge in [-0.25, -0.2) is 22.7 Å². The van der Waals surface area contributed by atoms with Crippen LogP contribution in [0.4, 0.5) is 10.5 Å². The molecule has 20 heteroatoms. The summed E-state index contributed by atoms with van der Waals surface area (Å²) in [5.74, 6) is -3.87. The van der Waals surface area contributed by atoms with Crippen molar-refractivity contribution >= 4 is 51.5 Å². The number of aliphatic carboxylic acids is 1. The number of carbonyl (C=O) groups is 6. The molecule has 0 bridgehead atoms. The van der Waals surface area contributed by atoms with Gasteiger partial charge < -0.3 is 48.9 Å². The highest BCUT2D eigenvalue weighted by molar-refractivity contribution is 7.90. The second-order valence-corrected chi connectivity index (χ2v) is 13.7. The summed E-state index contributed by atoms with van der Waals surface area (Å²) in [4.78, 5) is 68.9. The highest BCUT2D eigenvalue weighted by atomic mass is 32.2. The van der Waals surface area contributed by atoms with Crippen LogP contribution in [0.5, 0.6) is 0 Å². The molecule has 1 saturated carbocycles. The highest BCUT2D eigenvalue weighted by Crippen LogP contribution is 2.45. The van der Waals surface area contributed by atoms with Gasteiger partial charge in [0, 0.05) is 5.92 Å². The lowest BCUT2D eigenvalue weighted by atomic mass is 10.2. The van der Waals surface area contributed by atoms with Crippen molar-refractivity contribution in [2.75, 3.05) is 72.4 Å². The van der Waals surface area contributed by atoms with Crippen molar-refractivity contribution in [1.82, 2.24) is 10.0 Å². The maximum Gasteiger partial charge on any atom is 0.408 e. The van der Waals surface area contributed by atoms with Gasteiger partial charge in [-0.15, -0.1) is 6.58 Å². The lowest BCUT2D eigenvalue weighted by Crippen LogP contribution is -2.52. The van der Waals surface area contributed by atoms with Crippen molar-refractivity contribution in [2.45, 2.75) is 56.1 Å². The monoisotopic (exact) mass is 775 g/mol. The SMILES string of the molecule is C=C[C@@H]1C[C@]1(NC(=O)OC(C)(C)C)C(=O)NS(=O)(=O)c1ccccc1NC(=O)COCCOCCC(=O)OC.COC(=O)CCOCCOCC(=O)O. The van der Waals surface area contributed by atoms with E-state index in [4.69, 9.17) is 24.1 Å². The van der Waals surface area contributed by atoms with Gasteiger partial charge in [0.1, 0.15) is 29.2 Å². The molecule has 19 nitrogen and oxygen atoms in total. The van der Waals surface area contributed by atoms with Gasteiger partial charge in [0.2, 0.25) is 5.91 Å². The Bertz CT molecular complexity index is 1510. The molecule has 53 heavy (non-hydrogen) atoms. The van der Waals surface area contributed by atoms with E-state index in [-0.39, 0.29) is 82.1 Å². The molecular formula is C33H49N3O16S. The predicted octanol–water partition coefficient (Wildman–Crippen LogP) is 1.16. The van der Waals surface area contributed by atoms with Crippen molar-refractivity contribution in [3.63, 3.8) is 0 Å². The predicted molar refractivity (Wildman–Crippen MR) is 185 cm³/mol. The number of benzene rings is 1. The average molecular weight is 776 g/mol. The van der Waals surface area contributed by atoms with E-state index in [2.05, 4.69) is 31.4 Å². The molecule has 1 aliphatic carbocycles. The van der Waals surface area contributed by atoms with Gasteiger partial charge in [-0.2, -0.15) is 0 Å². The number of hydrogen-bond donors (Lipinski definition) is 4. The molecule has 3 amide bonds. The molecule has 0 spiro atoms. The molecule has 0 radical (unpaired) electrons. The minimum atomic E-state index is -4.47. The summed E-state index contributed by atoms with van der Waals surface area (Å²) in [5, 5.41) is 13.1. The van der Waals surface area contributed by atoms with E-state index in [0.717, 1.165) is 0 Å². The number of amides is 3. The third kappa shape index (κ3) is 18.6. The number of nitrogens with one attached hydrogen (secondary N) is 3. The van der Waals surface area contributed by atoms with E-state index < -0.39 is 63.5 Å². The largest absolute Gasteiger partial charge is 0.480 e. The zero-order valence-corrected chi connectivity index (χ0v) is 31.2. The van der Waals surface area contributed by atoms with E-state index in [1.54, 1.807) is 20.8 Å². The van der Waals surface area contributed by atoms with Crippen LogP contribution in [-0.2, 0) is 67.2 Å². The van der Waals surface area contributed by atoms with E-state index in [0.29, 0.717) is 0 Å². The number of carboxylic acid groups (broad SMARTS) is 1. The van der Waals surface area contributed by atoms with Crippen LogP contribution in [0, 0.1) is 5.92 Å². The summed E-state index contributed by atoms with van der Waals surface area (Å²) in [6.45, 7) is 8.91. The first-order valence-electron chi connectivity index (χ1n) is 16.2. The molecule has 0 unspecified atom stereocenters. The quantitative estimate of drug-likeness (QED) is 0.0558. The summed E-state index contributed by atoms with van der Waals surface area (Å²) in [6, 6.07) is 5.50. The number of alkyl carbamates (subject to hydrolysis) is 1. The molecule has 2 rings (SSSR count). The second kappa shape index (κ2) is 23.1. The third-order valence-electron chi connectivity index (χ3n) is 6.67. The summed E-state index contributed by atoms with van der Waals surface area (Å²) in [5.41, 5.74) is -2.45.